The second-order valence-corrected chi connectivity index (χ2v) is 16.5. The van der Waals surface area contributed by atoms with E-state index in [1.807, 2.05) is 20.8 Å². The quantitative estimate of drug-likeness (QED) is 0.356. The number of esters is 1. The maximum atomic E-state index is 13.1. The molecule has 5 nitrogen and oxygen atoms in total. The average Bonchev–Trinajstić information content (AvgIpc) is 2.71. The van der Waals surface area contributed by atoms with Gasteiger partial charge in [0.05, 0.1) is 5.56 Å². The van der Waals surface area contributed by atoms with Gasteiger partial charge in [0.15, 0.2) is 6.10 Å². The molecule has 1 heterocycles. The lowest BCUT2D eigenvalue weighted by atomic mass is 9.83. The smallest absolute Gasteiger partial charge is 0.338 e. The predicted octanol–water partition coefficient (Wildman–Crippen LogP) is 7.08. The Labute approximate surface area is 209 Å². The maximum absolute atomic E-state index is 13.1. The summed E-state index contributed by atoms with van der Waals surface area (Å²) < 4.78 is 19.0. The molecule has 0 spiro atoms. The fraction of sp³-hybridized carbons (Fsp3) is 0.519. The summed E-state index contributed by atoms with van der Waals surface area (Å²) in [5.74, 6) is 0.860. The van der Waals surface area contributed by atoms with E-state index in [1.54, 1.807) is 38.1 Å². The molecule has 2 aromatic rings. The molecule has 1 N–H and O–H groups in total. The third-order valence-electron chi connectivity index (χ3n) is 7.34. The van der Waals surface area contributed by atoms with Crippen LogP contribution in [0.3, 0.4) is 0 Å². The summed E-state index contributed by atoms with van der Waals surface area (Å²) >= 11 is 6.08. The lowest BCUT2D eigenvalue weighted by Gasteiger charge is -2.44. The highest BCUT2D eigenvalue weighted by Crippen LogP contribution is 2.50. The van der Waals surface area contributed by atoms with Gasteiger partial charge >= 0.3 is 5.97 Å². The molecule has 0 radical (unpaired) electrons. The van der Waals surface area contributed by atoms with Crippen molar-refractivity contribution in [3.8, 4) is 11.5 Å². The monoisotopic (exact) mass is 504 g/mol. The van der Waals surface area contributed by atoms with Gasteiger partial charge in [0, 0.05) is 16.1 Å². The number of hydrogen-bond acceptors (Lipinski definition) is 5. The molecule has 0 fully saturated rings. The van der Waals surface area contributed by atoms with Crippen LogP contribution in [0.15, 0.2) is 24.3 Å². The number of ether oxygens (including phenoxy) is 2. The molecule has 0 saturated carbocycles. The summed E-state index contributed by atoms with van der Waals surface area (Å²) in [6.45, 7) is 20.5. The second-order valence-electron chi connectivity index (χ2n) is 11.3. The SMILES string of the molecule is Cc1c(C)c2c(c(C)c1O[Si](C)(C)C(C)(C)C)C(OC(=O)c1cccc(Cl)c1)C(O)C(C)(C)O2. The van der Waals surface area contributed by atoms with Gasteiger partial charge in [-0.1, -0.05) is 38.4 Å². The van der Waals surface area contributed by atoms with E-state index >= 15 is 0 Å². The Bertz CT molecular complexity index is 1120. The Hall–Kier alpha value is -2.02. The Balaban J connectivity index is 2.17. The van der Waals surface area contributed by atoms with Crippen LogP contribution in [0.1, 0.15) is 73.3 Å². The van der Waals surface area contributed by atoms with Gasteiger partial charge in [-0.3, -0.25) is 0 Å². The maximum Gasteiger partial charge on any atom is 0.338 e. The van der Waals surface area contributed by atoms with E-state index in [4.69, 9.17) is 25.5 Å². The van der Waals surface area contributed by atoms with Gasteiger partial charge in [-0.25, -0.2) is 4.79 Å². The number of fused-ring (bicyclic) bond motifs is 1. The third-order valence-corrected chi connectivity index (χ3v) is 11.9. The van der Waals surface area contributed by atoms with Crippen molar-refractivity contribution in [1.82, 2.24) is 0 Å². The zero-order valence-corrected chi connectivity index (χ0v) is 23.7. The van der Waals surface area contributed by atoms with Crippen LogP contribution >= 0.6 is 11.6 Å². The predicted molar refractivity (Wildman–Crippen MR) is 139 cm³/mol. The lowest BCUT2D eigenvalue weighted by molar-refractivity contribution is -0.117. The fourth-order valence-electron chi connectivity index (χ4n) is 3.92. The van der Waals surface area contributed by atoms with Crippen molar-refractivity contribution < 1.29 is 23.8 Å². The molecule has 2 aromatic carbocycles. The summed E-state index contributed by atoms with van der Waals surface area (Å²) in [5, 5.41) is 11.7. The molecule has 0 aliphatic carbocycles. The third kappa shape index (κ3) is 4.73. The number of aliphatic hydroxyl groups excluding tert-OH is 1. The van der Waals surface area contributed by atoms with Crippen molar-refractivity contribution in [1.29, 1.82) is 0 Å². The topological polar surface area (TPSA) is 65.0 Å². The Kier molecular flexibility index (Phi) is 6.94. The van der Waals surface area contributed by atoms with Crippen LogP contribution in [0.25, 0.3) is 0 Å². The number of aliphatic hydroxyl groups is 1. The molecule has 2 atom stereocenters. The largest absolute Gasteiger partial charge is 0.543 e. The lowest BCUT2D eigenvalue weighted by Crippen LogP contribution is -2.50. The van der Waals surface area contributed by atoms with Gasteiger partial charge in [0.25, 0.3) is 8.32 Å². The van der Waals surface area contributed by atoms with Crippen LogP contribution in [-0.2, 0) is 4.74 Å². The van der Waals surface area contributed by atoms with Crippen LogP contribution in [0.2, 0.25) is 23.2 Å². The number of carbonyl (C=O) groups is 1. The first-order valence-corrected chi connectivity index (χ1v) is 14.9. The summed E-state index contributed by atoms with van der Waals surface area (Å²) in [5.41, 5.74) is 2.74. The molecule has 2 unspecified atom stereocenters. The minimum atomic E-state index is -2.16. The van der Waals surface area contributed by atoms with Gasteiger partial charge in [0.2, 0.25) is 0 Å². The highest BCUT2D eigenvalue weighted by Gasteiger charge is 2.48. The molecule has 186 valence electrons. The van der Waals surface area contributed by atoms with E-state index < -0.39 is 32.1 Å². The molecule has 0 bridgehead atoms. The summed E-state index contributed by atoms with van der Waals surface area (Å²) in [4.78, 5) is 13.1. The van der Waals surface area contributed by atoms with Crippen molar-refractivity contribution in [2.24, 2.45) is 0 Å². The highest BCUT2D eigenvalue weighted by atomic mass is 35.5. The van der Waals surface area contributed by atoms with Crippen LogP contribution in [0.5, 0.6) is 11.5 Å². The minimum absolute atomic E-state index is 0.00609. The number of carbonyl (C=O) groups excluding carboxylic acids is 1. The van der Waals surface area contributed by atoms with E-state index in [0.717, 1.165) is 22.4 Å². The molecule has 0 saturated heterocycles. The van der Waals surface area contributed by atoms with Gasteiger partial charge in [-0.15, -0.1) is 0 Å². The number of benzene rings is 2. The molecular weight excluding hydrogens is 468 g/mol. The van der Waals surface area contributed by atoms with E-state index in [9.17, 15) is 9.90 Å². The molecular formula is C27H37ClO5Si. The van der Waals surface area contributed by atoms with E-state index in [0.29, 0.717) is 21.9 Å². The van der Waals surface area contributed by atoms with Crippen molar-refractivity contribution >= 4 is 25.9 Å². The second kappa shape index (κ2) is 8.88. The van der Waals surface area contributed by atoms with Gasteiger partial charge < -0.3 is 19.0 Å². The summed E-state index contributed by atoms with van der Waals surface area (Å²) in [6, 6.07) is 6.59. The van der Waals surface area contributed by atoms with Crippen molar-refractivity contribution in [2.45, 2.75) is 91.3 Å². The van der Waals surface area contributed by atoms with Crippen molar-refractivity contribution in [3.05, 3.63) is 57.1 Å². The van der Waals surface area contributed by atoms with Gasteiger partial charge in [-0.05, 0) is 82.1 Å². The Morgan fingerprint density at radius 2 is 1.74 bits per heavy atom. The molecule has 1 aliphatic heterocycles. The van der Waals surface area contributed by atoms with Gasteiger partial charge in [0.1, 0.15) is 23.2 Å². The Morgan fingerprint density at radius 1 is 1.12 bits per heavy atom. The number of halogens is 1. The highest BCUT2D eigenvalue weighted by molar-refractivity contribution is 6.74. The van der Waals surface area contributed by atoms with Crippen LogP contribution < -0.4 is 9.16 Å². The molecule has 3 rings (SSSR count). The van der Waals surface area contributed by atoms with Gasteiger partial charge in [-0.2, -0.15) is 0 Å². The van der Waals surface area contributed by atoms with E-state index in [2.05, 4.69) is 33.9 Å². The number of hydrogen-bond donors (Lipinski definition) is 1. The summed E-state index contributed by atoms with van der Waals surface area (Å²) in [7, 11) is -2.16. The first-order valence-electron chi connectivity index (χ1n) is 11.6. The number of rotatable bonds is 4. The minimum Gasteiger partial charge on any atom is -0.543 e. The molecule has 7 heteroatoms. The average molecular weight is 505 g/mol. The van der Waals surface area contributed by atoms with Crippen molar-refractivity contribution in [3.63, 3.8) is 0 Å². The van der Waals surface area contributed by atoms with Crippen LogP contribution in [-0.4, -0.2) is 31.1 Å². The fourth-order valence-corrected chi connectivity index (χ4v) is 5.23. The van der Waals surface area contributed by atoms with E-state index in [-0.39, 0.29) is 5.04 Å². The molecule has 0 amide bonds. The van der Waals surface area contributed by atoms with Crippen LogP contribution in [0, 0.1) is 20.8 Å². The summed E-state index contributed by atoms with van der Waals surface area (Å²) in [6.07, 6.45) is -2.00. The first-order chi connectivity index (χ1) is 15.5. The molecule has 34 heavy (non-hydrogen) atoms. The molecule has 1 aliphatic rings. The van der Waals surface area contributed by atoms with Crippen LogP contribution in [0.4, 0.5) is 0 Å². The normalized spacial score (nSPS) is 19.8. The zero-order chi connectivity index (χ0) is 25.8. The standard InChI is InChI=1S/C27H37ClO5Si/c1-15-16(2)22-20(17(3)21(15)33-34(9,10)26(4,5)6)23(24(29)27(7,8)32-22)31-25(30)18-12-11-13-19(28)14-18/h11-14,23-24,29H,1-10H3. The van der Waals surface area contributed by atoms with E-state index in [1.165, 1.54) is 0 Å². The Morgan fingerprint density at radius 3 is 2.29 bits per heavy atom. The zero-order valence-electron chi connectivity index (χ0n) is 21.9. The molecule has 0 aromatic heterocycles. The first kappa shape index (κ1) is 26.6. The van der Waals surface area contributed by atoms with Crippen molar-refractivity contribution in [2.75, 3.05) is 0 Å².